The van der Waals surface area contributed by atoms with Crippen molar-refractivity contribution in [1.82, 2.24) is 4.90 Å². The highest BCUT2D eigenvalue weighted by Crippen LogP contribution is 2.23. The standard InChI is InChI=1S/C25H36N2O7/c1-7-25(5,33-22(29)26-20-10-8-19(9-11-20)21(28)31-6)17-27(23(30)34-24(2,3)4)16-18-12-14-32-15-13-18/h7-11,18H,1,12-17H2,2-6H3,(H,26,29). The number of ether oxygens (including phenoxy) is 4. The first-order chi connectivity index (χ1) is 15.9. The fourth-order valence-corrected chi connectivity index (χ4v) is 3.45. The molecule has 2 amide bonds. The third-order valence-corrected chi connectivity index (χ3v) is 5.29. The van der Waals surface area contributed by atoms with Crippen LogP contribution in [-0.2, 0) is 18.9 Å². The molecule has 9 heteroatoms. The van der Waals surface area contributed by atoms with Crippen LogP contribution in [0.4, 0.5) is 15.3 Å². The topological polar surface area (TPSA) is 103 Å². The van der Waals surface area contributed by atoms with Gasteiger partial charge in [-0.15, -0.1) is 0 Å². The van der Waals surface area contributed by atoms with Gasteiger partial charge in [-0.05, 0) is 76.8 Å². The molecule has 188 valence electrons. The van der Waals surface area contributed by atoms with E-state index in [1.807, 2.05) is 0 Å². The fraction of sp³-hybridized carbons (Fsp3) is 0.560. The molecule has 1 N–H and O–H groups in total. The number of amides is 2. The molecular formula is C25H36N2O7. The van der Waals surface area contributed by atoms with Crippen molar-refractivity contribution in [1.29, 1.82) is 0 Å². The van der Waals surface area contributed by atoms with Gasteiger partial charge >= 0.3 is 18.2 Å². The Hall–Kier alpha value is -3.07. The number of hydrogen-bond acceptors (Lipinski definition) is 7. The Balaban J connectivity index is 2.08. The van der Waals surface area contributed by atoms with Gasteiger partial charge in [0.25, 0.3) is 0 Å². The number of hydrogen-bond donors (Lipinski definition) is 1. The SMILES string of the molecule is C=CC(C)(CN(CC1CCOCC1)C(=O)OC(C)(C)C)OC(=O)Nc1ccc(C(=O)OC)cc1. The van der Waals surface area contributed by atoms with E-state index in [4.69, 9.17) is 14.2 Å². The number of anilines is 1. The Kier molecular flexibility index (Phi) is 9.49. The summed E-state index contributed by atoms with van der Waals surface area (Å²) < 4.78 is 21.3. The van der Waals surface area contributed by atoms with Gasteiger partial charge in [0.05, 0.1) is 19.2 Å². The summed E-state index contributed by atoms with van der Waals surface area (Å²) >= 11 is 0. The van der Waals surface area contributed by atoms with Gasteiger partial charge < -0.3 is 23.8 Å². The Morgan fingerprint density at radius 2 is 1.74 bits per heavy atom. The van der Waals surface area contributed by atoms with Crippen molar-refractivity contribution >= 4 is 23.8 Å². The minimum absolute atomic E-state index is 0.0808. The summed E-state index contributed by atoms with van der Waals surface area (Å²) in [5.74, 6) is -0.211. The molecule has 1 fully saturated rings. The number of carbonyl (C=O) groups is 3. The first-order valence-corrected chi connectivity index (χ1v) is 11.3. The minimum Gasteiger partial charge on any atom is -0.465 e. The predicted molar refractivity (Wildman–Crippen MR) is 128 cm³/mol. The second kappa shape index (κ2) is 11.9. The molecule has 1 aromatic rings. The lowest BCUT2D eigenvalue weighted by atomic mass is 9.98. The number of methoxy groups -OCH3 is 1. The van der Waals surface area contributed by atoms with E-state index in [1.54, 1.807) is 44.7 Å². The molecule has 1 aliphatic heterocycles. The van der Waals surface area contributed by atoms with Crippen LogP contribution in [-0.4, -0.2) is 67.7 Å². The van der Waals surface area contributed by atoms with Gasteiger partial charge in [0.1, 0.15) is 11.2 Å². The third-order valence-electron chi connectivity index (χ3n) is 5.29. The summed E-state index contributed by atoms with van der Waals surface area (Å²) in [6.45, 7) is 12.8. The lowest BCUT2D eigenvalue weighted by molar-refractivity contribution is -0.0104. The van der Waals surface area contributed by atoms with Crippen molar-refractivity contribution in [2.45, 2.75) is 51.7 Å². The molecule has 1 saturated heterocycles. The van der Waals surface area contributed by atoms with Crippen LogP contribution in [0.15, 0.2) is 36.9 Å². The molecule has 0 saturated carbocycles. The fourth-order valence-electron chi connectivity index (χ4n) is 3.45. The Labute approximate surface area is 201 Å². The van der Waals surface area contributed by atoms with Gasteiger partial charge in [0, 0.05) is 25.4 Å². The first kappa shape index (κ1) is 27.2. The molecule has 1 heterocycles. The van der Waals surface area contributed by atoms with E-state index in [1.165, 1.54) is 25.3 Å². The molecule has 1 unspecified atom stereocenters. The highest BCUT2D eigenvalue weighted by molar-refractivity contribution is 5.91. The van der Waals surface area contributed by atoms with Gasteiger partial charge in [0.15, 0.2) is 0 Å². The monoisotopic (exact) mass is 476 g/mol. The zero-order valence-electron chi connectivity index (χ0n) is 20.7. The quantitative estimate of drug-likeness (QED) is 0.331. The highest BCUT2D eigenvalue weighted by Gasteiger charge is 2.34. The molecule has 9 nitrogen and oxygen atoms in total. The van der Waals surface area contributed by atoms with Crippen LogP contribution < -0.4 is 5.32 Å². The second-order valence-electron chi connectivity index (χ2n) is 9.52. The van der Waals surface area contributed by atoms with E-state index < -0.39 is 29.4 Å². The number of nitrogens with one attached hydrogen (secondary N) is 1. The summed E-state index contributed by atoms with van der Waals surface area (Å²) in [5, 5.41) is 2.63. The Morgan fingerprint density at radius 3 is 2.26 bits per heavy atom. The van der Waals surface area contributed by atoms with Gasteiger partial charge in [-0.1, -0.05) is 6.58 Å². The first-order valence-electron chi connectivity index (χ1n) is 11.3. The maximum atomic E-state index is 13.0. The molecule has 1 atom stereocenters. The van der Waals surface area contributed by atoms with Crippen LogP contribution >= 0.6 is 0 Å². The number of carbonyl (C=O) groups excluding carboxylic acids is 3. The smallest absolute Gasteiger partial charge is 0.412 e. The van der Waals surface area contributed by atoms with Crippen LogP contribution in [0.5, 0.6) is 0 Å². The molecule has 2 rings (SSSR count). The average Bonchev–Trinajstić information content (AvgIpc) is 2.78. The van der Waals surface area contributed by atoms with Crippen LogP contribution in [0.3, 0.4) is 0 Å². The number of nitrogens with zero attached hydrogens (tertiary/aromatic N) is 1. The summed E-state index contributed by atoms with van der Waals surface area (Å²) in [7, 11) is 1.30. The molecule has 1 aliphatic rings. The van der Waals surface area contributed by atoms with Gasteiger partial charge in [-0.3, -0.25) is 5.32 Å². The normalized spacial score (nSPS) is 16.0. The lowest BCUT2D eigenvalue weighted by Crippen LogP contribution is -2.49. The summed E-state index contributed by atoms with van der Waals surface area (Å²) in [4.78, 5) is 38.7. The van der Waals surface area contributed by atoms with Crippen molar-refractivity contribution < 1.29 is 33.3 Å². The molecular weight excluding hydrogens is 440 g/mol. The van der Waals surface area contributed by atoms with Crippen molar-refractivity contribution in [3.8, 4) is 0 Å². The molecule has 0 aliphatic carbocycles. The van der Waals surface area contributed by atoms with E-state index in [9.17, 15) is 14.4 Å². The van der Waals surface area contributed by atoms with Crippen molar-refractivity contribution in [3.63, 3.8) is 0 Å². The molecule has 0 spiro atoms. The maximum Gasteiger partial charge on any atom is 0.412 e. The number of benzene rings is 1. The minimum atomic E-state index is -1.17. The van der Waals surface area contributed by atoms with Gasteiger partial charge in [-0.25, -0.2) is 14.4 Å². The van der Waals surface area contributed by atoms with Crippen LogP contribution in [0.2, 0.25) is 0 Å². The number of rotatable bonds is 8. The van der Waals surface area contributed by atoms with E-state index in [2.05, 4.69) is 16.6 Å². The third kappa shape index (κ3) is 8.70. The van der Waals surface area contributed by atoms with Crippen molar-refractivity contribution in [2.75, 3.05) is 38.7 Å². The second-order valence-corrected chi connectivity index (χ2v) is 9.52. The Morgan fingerprint density at radius 1 is 1.12 bits per heavy atom. The molecule has 0 bridgehead atoms. The zero-order chi connectivity index (χ0) is 25.4. The average molecular weight is 477 g/mol. The largest absolute Gasteiger partial charge is 0.465 e. The maximum absolute atomic E-state index is 13.0. The van der Waals surface area contributed by atoms with E-state index in [0.29, 0.717) is 31.0 Å². The summed E-state index contributed by atoms with van der Waals surface area (Å²) in [6.07, 6.45) is 1.98. The van der Waals surface area contributed by atoms with Gasteiger partial charge in [0.2, 0.25) is 0 Å². The predicted octanol–water partition coefficient (Wildman–Crippen LogP) is 4.63. The molecule has 0 aromatic heterocycles. The Bertz CT molecular complexity index is 857. The van der Waals surface area contributed by atoms with E-state index >= 15 is 0 Å². The lowest BCUT2D eigenvalue weighted by Gasteiger charge is -2.36. The zero-order valence-corrected chi connectivity index (χ0v) is 20.7. The summed E-state index contributed by atoms with van der Waals surface area (Å²) in [6, 6.07) is 6.20. The molecule has 0 radical (unpaired) electrons. The van der Waals surface area contributed by atoms with Crippen molar-refractivity contribution in [3.05, 3.63) is 42.5 Å². The molecule has 1 aromatic carbocycles. The van der Waals surface area contributed by atoms with Crippen LogP contribution in [0.25, 0.3) is 0 Å². The highest BCUT2D eigenvalue weighted by atomic mass is 16.6. The van der Waals surface area contributed by atoms with Crippen molar-refractivity contribution in [2.24, 2.45) is 5.92 Å². The van der Waals surface area contributed by atoms with E-state index in [0.717, 1.165) is 12.8 Å². The van der Waals surface area contributed by atoms with Gasteiger partial charge in [-0.2, -0.15) is 0 Å². The van der Waals surface area contributed by atoms with E-state index in [-0.39, 0.29) is 12.5 Å². The number of esters is 1. The van der Waals surface area contributed by atoms with Crippen LogP contribution in [0, 0.1) is 5.92 Å². The summed E-state index contributed by atoms with van der Waals surface area (Å²) in [5.41, 5.74) is -1.03. The van der Waals surface area contributed by atoms with Crippen LogP contribution in [0.1, 0.15) is 50.9 Å². The molecule has 34 heavy (non-hydrogen) atoms.